The van der Waals surface area contributed by atoms with Crippen molar-refractivity contribution in [2.45, 2.75) is 19.8 Å². The minimum Gasteiger partial charge on any atom is -0.481 e. The standard InChI is InChI=1S/C15H18FNO3/c1-10-6-12(15(19)20)9-17(8-10)14(18)7-11-2-4-13(16)5-3-11/h2-5,10,12H,6-9H2,1H3,(H,19,20). The average Bonchev–Trinajstić information content (AvgIpc) is 2.40. The van der Waals surface area contributed by atoms with Crippen LogP contribution in [0.3, 0.4) is 0 Å². The number of nitrogens with zero attached hydrogens (tertiary/aromatic N) is 1. The number of carboxylic acids is 1. The van der Waals surface area contributed by atoms with Crippen molar-refractivity contribution in [1.29, 1.82) is 0 Å². The van der Waals surface area contributed by atoms with Crippen LogP contribution in [0.4, 0.5) is 4.39 Å². The molecule has 1 aromatic rings. The van der Waals surface area contributed by atoms with Gasteiger partial charge in [-0.2, -0.15) is 0 Å². The zero-order valence-corrected chi connectivity index (χ0v) is 11.4. The second kappa shape index (κ2) is 6.03. The van der Waals surface area contributed by atoms with Gasteiger partial charge in [-0.15, -0.1) is 0 Å². The molecule has 4 nitrogen and oxygen atoms in total. The van der Waals surface area contributed by atoms with Crippen LogP contribution in [0.2, 0.25) is 0 Å². The largest absolute Gasteiger partial charge is 0.481 e. The third-order valence-electron chi connectivity index (χ3n) is 3.63. The molecule has 1 amide bonds. The van der Waals surface area contributed by atoms with Gasteiger partial charge in [0.1, 0.15) is 5.82 Å². The number of carbonyl (C=O) groups excluding carboxylic acids is 1. The Labute approximate surface area is 117 Å². The van der Waals surface area contributed by atoms with Crippen LogP contribution in [0.25, 0.3) is 0 Å². The van der Waals surface area contributed by atoms with Crippen LogP contribution in [0.5, 0.6) is 0 Å². The molecule has 1 heterocycles. The number of hydrogen-bond donors (Lipinski definition) is 1. The Kier molecular flexibility index (Phi) is 4.37. The predicted octanol–water partition coefficient (Wildman–Crippen LogP) is 1.94. The minimum atomic E-state index is -0.851. The first kappa shape index (κ1) is 14.5. The van der Waals surface area contributed by atoms with Gasteiger partial charge in [-0.1, -0.05) is 19.1 Å². The number of halogens is 1. The molecule has 2 unspecified atom stereocenters. The highest BCUT2D eigenvalue weighted by molar-refractivity contribution is 5.80. The fourth-order valence-corrected chi connectivity index (χ4v) is 2.62. The van der Waals surface area contributed by atoms with Gasteiger partial charge >= 0.3 is 5.97 Å². The summed E-state index contributed by atoms with van der Waals surface area (Å²) in [5.74, 6) is -1.60. The van der Waals surface area contributed by atoms with E-state index in [0.717, 1.165) is 5.56 Å². The van der Waals surface area contributed by atoms with Gasteiger partial charge in [0.15, 0.2) is 0 Å². The molecular formula is C15H18FNO3. The molecule has 1 N–H and O–H groups in total. The quantitative estimate of drug-likeness (QED) is 0.920. The number of aliphatic carboxylic acids is 1. The Bertz CT molecular complexity index is 500. The van der Waals surface area contributed by atoms with E-state index in [0.29, 0.717) is 13.0 Å². The summed E-state index contributed by atoms with van der Waals surface area (Å²) >= 11 is 0. The topological polar surface area (TPSA) is 57.6 Å². The van der Waals surface area contributed by atoms with E-state index in [4.69, 9.17) is 5.11 Å². The van der Waals surface area contributed by atoms with E-state index in [-0.39, 0.29) is 30.6 Å². The second-order valence-corrected chi connectivity index (χ2v) is 5.48. The first-order chi connectivity index (χ1) is 9.45. The van der Waals surface area contributed by atoms with Crippen molar-refractivity contribution >= 4 is 11.9 Å². The number of benzene rings is 1. The number of carboxylic acid groups (broad SMARTS) is 1. The highest BCUT2D eigenvalue weighted by Crippen LogP contribution is 2.22. The lowest BCUT2D eigenvalue weighted by Crippen LogP contribution is -2.46. The molecule has 1 saturated heterocycles. The summed E-state index contributed by atoms with van der Waals surface area (Å²) in [7, 11) is 0. The molecule has 108 valence electrons. The second-order valence-electron chi connectivity index (χ2n) is 5.48. The molecule has 1 aliphatic heterocycles. The summed E-state index contributed by atoms with van der Waals surface area (Å²) in [4.78, 5) is 24.9. The number of carbonyl (C=O) groups is 2. The fourth-order valence-electron chi connectivity index (χ4n) is 2.62. The Morgan fingerprint density at radius 3 is 2.55 bits per heavy atom. The van der Waals surface area contributed by atoms with Crippen LogP contribution in [-0.4, -0.2) is 35.0 Å². The molecule has 1 aromatic carbocycles. The van der Waals surface area contributed by atoms with Gasteiger partial charge in [0.05, 0.1) is 12.3 Å². The van der Waals surface area contributed by atoms with E-state index >= 15 is 0 Å². The van der Waals surface area contributed by atoms with Crippen LogP contribution in [0, 0.1) is 17.7 Å². The van der Waals surface area contributed by atoms with Gasteiger partial charge < -0.3 is 10.0 Å². The highest BCUT2D eigenvalue weighted by atomic mass is 19.1. The van der Waals surface area contributed by atoms with E-state index in [2.05, 4.69) is 0 Å². The van der Waals surface area contributed by atoms with Crippen LogP contribution < -0.4 is 0 Å². The Morgan fingerprint density at radius 1 is 1.30 bits per heavy atom. The lowest BCUT2D eigenvalue weighted by molar-refractivity contribution is -0.146. The van der Waals surface area contributed by atoms with E-state index in [9.17, 15) is 14.0 Å². The highest BCUT2D eigenvalue weighted by Gasteiger charge is 2.31. The molecule has 2 atom stereocenters. The third-order valence-corrected chi connectivity index (χ3v) is 3.63. The van der Waals surface area contributed by atoms with E-state index in [1.165, 1.54) is 12.1 Å². The van der Waals surface area contributed by atoms with Gasteiger partial charge in [-0.25, -0.2) is 4.39 Å². The van der Waals surface area contributed by atoms with Crippen LogP contribution >= 0.6 is 0 Å². The van der Waals surface area contributed by atoms with Gasteiger partial charge in [-0.3, -0.25) is 9.59 Å². The van der Waals surface area contributed by atoms with Crippen molar-refractivity contribution in [3.05, 3.63) is 35.6 Å². The first-order valence-corrected chi connectivity index (χ1v) is 6.70. The molecule has 5 heteroatoms. The summed E-state index contributed by atoms with van der Waals surface area (Å²) in [5.41, 5.74) is 0.738. The fraction of sp³-hybridized carbons (Fsp3) is 0.467. The molecule has 2 rings (SSSR count). The molecule has 0 radical (unpaired) electrons. The monoisotopic (exact) mass is 279 g/mol. The molecule has 20 heavy (non-hydrogen) atoms. The van der Waals surface area contributed by atoms with Crippen molar-refractivity contribution in [2.24, 2.45) is 11.8 Å². The Balaban J connectivity index is 2.01. The van der Waals surface area contributed by atoms with Gasteiger partial charge in [0.2, 0.25) is 5.91 Å². The summed E-state index contributed by atoms with van der Waals surface area (Å²) in [5, 5.41) is 9.10. The number of amides is 1. The maximum atomic E-state index is 12.8. The molecule has 0 bridgehead atoms. The third kappa shape index (κ3) is 3.56. The maximum absolute atomic E-state index is 12.8. The zero-order chi connectivity index (χ0) is 14.7. The predicted molar refractivity (Wildman–Crippen MR) is 71.6 cm³/mol. The number of piperidine rings is 1. The van der Waals surface area contributed by atoms with Gasteiger partial charge in [0.25, 0.3) is 0 Å². The van der Waals surface area contributed by atoms with E-state index in [1.807, 2.05) is 6.92 Å². The van der Waals surface area contributed by atoms with Gasteiger partial charge in [-0.05, 0) is 30.0 Å². The smallest absolute Gasteiger partial charge is 0.308 e. The van der Waals surface area contributed by atoms with Gasteiger partial charge in [0, 0.05) is 13.1 Å². The molecule has 1 fully saturated rings. The van der Waals surface area contributed by atoms with Crippen LogP contribution in [0.15, 0.2) is 24.3 Å². The normalized spacial score (nSPS) is 22.6. The summed E-state index contributed by atoms with van der Waals surface area (Å²) in [6.45, 7) is 2.80. The summed E-state index contributed by atoms with van der Waals surface area (Å²) < 4.78 is 12.8. The molecule has 0 spiro atoms. The first-order valence-electron chi connectivity index (χ1n) is 6.70. The van der Waals surface area contributed by atoms with Crippen molar-refractivity contribution in [1.82, 2.24) is 4.90 Å². The molecule has 0 saturated carbocycles. The number of rotatable bonds is 3. The minimum absolute atomic E-state index is 0.102. The molecule has 0 aromatic heterocycles. The SMILES string of the molecule is CC1CC(C(=O)O)CN(C(=O)Cc2ccc(F)cc2)C1. The maximum Gasteiger partial charge on any atom is 0.308 e. The lowest BCUT2D eigenvalue weighted by Gasteiger charge is -2.34. The lowest BCUT2D eigenvalue weighted by atomic mass is 9.90. The van der Waals surface area contributed by atoms with Crippen molar-refractivity contribution in [3.8, 4) is 0 Å². The van der Waals surface area contributed by atoms with Crippen molar-refractivity contribution in [3.63, 3.8) is 0 Å². The zero-order valence-electron chi connectivity index (χ0n) is 11.4. The molecule has 1 aliphatic rings. The summed E-state index contributed by atoms with van der Waals surface area (Å²) in [6.07, 6.45) is 0.787. The Hall–Kier alpha value is -1.91. The molecular weight excluding hydrogens is 261 g/mol. The van der Waals surface area contributed by atoms with E-state index in [1.54, 1.807) is 17.0 Å². The average molecular weight is 279 g/mol. The van der Waals surface area contributed by atoms with E-state index < -0.39 is 11.9 Å². The summed E-state index contributed by atoms with van der Waals surface area (Å²) in [6, 6.07) is 5.80. The van der Waals surface area contributed by atoms with Crippen molar-refractivity contribution in [2.75, 3.05) is 13.1 Å². The number of hydrogen-bond acceptors (Lipinski definition) is 2. The molecule has 0 aliphatic carbocycles. The van der Waals surface area contributed by atoms with Crippen LogP contribution in [-0.2, 0) is 16.0 Å². The Morgan fingerprint density at radius 2 is 1.95 bits per heavy atom. The van der Waals surface area contributed by atoms with Crippen molar-refractivity contribution < 1.29 is 19.1 Å². The number of likely N-dealkylation sites (tertiary alicyclic amines) is 1. The van der Waals surface area contributed by atoms with Crippen LogP contribution in [0.1, 0.15) is 18.9 Å².